The first-order valence-electron chi connectivity index (χ1n) is 4.13. The number of aliphatic carboxylic acids is 1. The van der Waals surface area contributed by atoms with Gasteiger partial charge in [-0.1, -0.05) is 0 Å². The van der Waals surface area contributed by atoms with Gasteiger partial charge in [0.2, 0.25) is 10.0 Å². The summed E-state index contributed by atoms with van der Waals surface area (Å²) in [4.78, 5) is 20.7. The summed E-state index contributed by atoms with van der Waals surface area (Å²) in [6.07, 6.45) is -0.545. The van der Waals surface area contributed by atoms with Crippen molar-refractivity contribution in [3.8, 4) is 0 Å². The molecule has 0 bridgehead atoms. The second-order valence-corrected chi connectivity index (χ2v) is 4.61. The highest BCUT2D eigenvalue weighted by atomic mass is 32.2. The van der Waals surface area contributed by atoms with Crippen LogP contribution in [0.5, 0.6) is 0 Å². The molecule has 0 radical (unpaired) electrons. The summed E-state index contributed by atoms with van der Waals surface area (Å²) >= 11 is 0. The highest BCUT2D eigenvalue weighted by Crippen LogP contribution is 1.92. The van der Waals surface area contributed by atoms with Crippen molar-refractivity contribution in [3.63, 3.8) is 0 Å². The fraction of sp³-hybridized carbons (Fsp3) is 0.714. The number of hydrogen-bond acceptors (Lipinski definition) is 5. The van der Waals surface area contributed by atoms with Crippen LogP contribution in [-0.4, -0.2) is 44.9 Å². The van der Waals surface area contributed by atoms with Gasteiger partial charge in [-0.3, -0.25) is 9.59 Å². The molecular weight excluding hydrogens is 226 g/mol. The van der Waals surface area contributed by atoms with E-state index < -0.39 is 27.7 Å². The lowest BCUT2D eigenvalue weighted by molar-refractivity contribution is -0.140. The predicted molar refractivity (Wildman–Crippen MR) is 50.7 cm³/mol. The van der Waals surface area contributed by atoms with Crippen molar-refractivity contribution in [1.82, 2.24) is 4.72 Å². The van der Waals surface area contributed by atoms with E-state index in [1.165, 1.54) is 0 Å². The van der Waals surface area contributed by atoms with Gasteiger partial charge in [0.1, 0.15) is 0 Å². The summed E-state index contributed by atoms with van der Waals surface area (Å²) in [5, 5.41) is 8.26. The predicted octanol–water partition coefficient (Wildman–Crippen LogP) is -1.06. The van der Waals surface area contributed by atoms with Crippen LogP contribution in [0.2, 0.25) is 0 Å². The molecule has 0 rings (SSSR count). The second kappa shape index (κ2) is 6.36. The van der Waals surface area contributed by atoms with E-state index in [1.807, 2.05) is 0 Å². The third-order valence-corrected chi connectivity index (χ3v) is 2.85. The molecule has 15 heavy (non-hydrogen) atoms. The summed E-state index contributed by atoms with van der Waals surface area (Å²) in [6.45, 7) is -0.182. The Balaban J connectivity index is 3.87. The summed E-state index contributed by atoms with van der Waals surface area (Å²) in [6, 6.07) is 0. The molecule has 0 unspecified atom stereocenters. The second-order valence-electron chi connectivity index (χ2n) is 2.68. The molecule has 0 heterocycles. The zero-order valence-electron chi connectivity index (χ0n) is 8.23. The molecule has 2 N–H and O–H groups in total. The Morgan fingerprint density at radius 2 is 1.93 bits per heavy atom. The van der Waals surface area contributed by atoms with Gasteiger partial charge in [0.25, 0.3) is 0 Å². The fourth-order valence-electron chi connectivity index (χ4n) is 0.705. The summed E-state index contributed by atoms with van der Waals surface area (Å²) in [7, 11) is -2.44. The molecule has 0 aliphatic heterocycles. The van der Waals surface area contributed by atoms with Crippen molar-refractivity contribution in [2.75, 3.05) is 19.4 Å². The molecule has 0 aromatic rings. The van der Waals surface area contributed by atoms with E-state index >= 15 is 0 Å². The number of ether oxygens (including phenoxy) is 1. The molecule has 0 saturated heterocycles. The minimum Gasteiger partial charge on any atom is -0.481 e. The summed E-state index contributed by atoms with van der Waals surface area (Å²) in [5.74, 6) is -2.12. The fourth-order valence-corrected chi connectivity index (χ4v) is 1.70. The van der Waals surface area contributed by atoms with Crippen LogP contribution in [0.3, 0.4) is 0 Å². The molecule has 0 spiro atoms. The van der Waals surface area contributed by atoms with Crippen molar-refractivity contribution in [2.45, 2.75) is 12.8 Å². The highest BCUT2D eigenvalue weighted by Gasteiger charge is 2.13. The number of sulfonamides is 1. The molecule has 0 aromatic heterocycles. The number of nitrogens with one attached hydrogen (secondary N) is 1. The standard InChI is InChI=1S/C7H13NO6S/c1-14-7(11)3-5-15(12,13)8-4-2-6(9)10/h8H,2-5H2,1H3,(H,9,10). The van der Waals surface area contributed by atoms with Crippen LogP contribution in [0.15, 0.2) is 0 Å². The molecule has 88 valence electrons. The van der Waals surface area contributed by atoms with E-state index in [4.69, 9.17) is 5.11 Å². The number of carboxylic acids is 1. The van der Waals surface area contributed by atoms with Gasteiger partial charge >= 0.3 is 11.9 Å². The van der Waals surface area contributed by atoms with E-state index in [0.29, 0.717) is 0 Å². The lowest BCUT2D eigenvalue weighted by atomic mass is 10.5. The van der Waals surface area contributed by atoms with Crippen LogP contribution < -0.4 is 4.72 Å². The molecule has 0 aliphatic carbocycles. The average molecular weight is 239 g/mol. The van der Waals surface area contributed by atoms with Crippen LogP contribution >= 0.6 is 0 Å². The first-order valence-corrected chi connectivity index (χ1v) is 5.78. The lowest BCUT2D eigenvalue weighted by Crippen LogP contribution is -2.29. The third-order valence-electron chi connectivity index (χ3n) is 1.46. The molecule has 0 atom stereocenters. The third kappa shape index (κ3) is 7.89. The quantitative estimate of drug-likeness (QED) is 0.548. The van der Waals surface area contributed by atoms with Crippen LogP contribution in [0.4, 0.5) is 0 Å². The number of methoxy groups -OCH3 is 1. The number of carboxylic acid groups (broad SMARTS) is 1. The minimum absolute atomic E-state index is 0.182. The maximum atomic E-state index is 11.1. The van der Waals surface area contributed by atoms with Gasteiger partial charge in [-0.25, -0.2) is 13.1 Å². The molecule has 0 saturated carbocycles. The van der Waals surface area contributed by atoms with Gasteiger partial charge in [0.15, 0.2) is 0 Å². The van der Waals surface area contributed by atoms with E-state index in [-0.39, 0.29) is 19.4 Å². The topological polar surface area (TPSA) is 110 Å². The molecule has 0 amide bonds. The minimum atomic E-state index is -3.60. The van der Waals surface area contributed by atoms with Crippen LogP contribution in [-0.2, 0) is 24.3 Å². The van der Waals surface area contributed by atoms with Gasteiger partial charge in [-0.2, -0.15) is 0 Å². The Morgan fingerprint density at radius 1 is 1.33 bits per heavy atom. The molecule has 0 fully saturated rings. The zero-order valence-corrected chi connectivity index (χ0v) is 9.04. The van der Waals surface area contributed by atoms with Gasteiger partial charge in [-0.15, -0.1) is 0 Å². The first kappa shape index (κ1) is 13.8. The monoisotopic (exact) mass is 239 g/mol. The number of hydrogen-bond donors (Lipinski definition) is 2. The number of esters is 1. The number of carbonyl (C=O) groups excluding carboxylic acids is 1. The maximum Gasteiger partial charge on any atom is 0.306 e. The Hall–Kier alpha value is -1.15. The van der Waals surface area contributed by atoms with Crippen LogP contribution in [0, 0.1) is 0 Å². The molecule has 8 heteroatoms. The zero-order chi connectivity index (χ0) is 11.9. The molecule has 7 nitrogen and oxygen atoms in total. The van der Waals surface area contributed by atoms with Crippen molar-refractivity contribution >= 4 is 22.0 Å². The molecule has 0 aliphatic rings. The van der Waals surface area contributed by atoms with Crippen molar-refractivity contribution in [1.29, 1.82) is 0 Å². The van der Waals surface area contributed by atoms with Crippen LogP contribution in [0.25, 0.3) is 0 Å². The van der Waals surface area contributed by atoms with E-state index in [0.717, 1.165) is 7.11 Å². The average Bonchev–Trinajstić information content (AvgIpc) is 2.13. The Morgan fingerprint density at radius 3 is 2.40 bits per heavy atom. The lowest BCUT2D eigenvalue weighted by Gasteiger charge is -2.04. The summed E-state index contributed by atoms with van der Waals surface area (Å²) < 4.78 is 28.6. The highest BCUT2D eigenvalue weighted by molar-refractivity contribution is 7.89. The number of carbonyl (C=O) groups is 2. The molecule has 0 aromatic carbocycles. The first-order chi connectivity index (χ1) is 6.87. The van der Waals surface area contributed by atoms with Gasteiger partial charge in [0, 0.05) is 6.54 Å². The Bertz CT molecular complexity index is 322. The van der Waals surface area contributed by atoms with Crippen molar-refractivity contribution < 1.29 is 27.9 Å². The normalized spacial score (nSPS) is 11.0. The SMILES string of the molecule is COC(=O)CCS(=O)(=O)NCCC(=O)O. The van der Waals surface area contributed by atoms with E-state index in [9.17, 15) is 18.0 Å². The Labute approximate surface area is 87.5 Å². The van der Waals surface area contributed by atoms with E-state index in [2.05, 4.69) is 9.46 Å². The number of rotatable bonds is 7. The smallest absolute Gasteiger partial charge is 0.306 e. The van der Waals surface area contributed by atoms with Gasteiger partial charge in [0.05, 0.1) is 25.7 Å². The van der Waals surface area contributed by atoms with Gasteiger partial charge < -0.3 is 9.84 Å². The Kier molecular flexibility index (Phi) is 5.87. The maximum absolute atomic E-state index is 11.1. The van der Waals surface area contributed by atoms with Crippen molar-refractivity contribution in [3.05, 3.63) is 0 Å². The van der Waals surface area contributed by atoms with Crippen LogP contribution in [0.1, 0.15) is 12.8 Å². The van der Waals surface area contributed by atoms with E-state index in [1.54, 1.807) is 0 Å². The van der Waals surface area contributed by atoms with Gasteiger partial charge in [-0.05, 0) is 0 Å². The van der Waals surface area contributed by atoms with Crippen molar-refractivity contribution in [2.24, 2.45) is 0 Å². The largest absolute Gasteiger partial charge is 0.481 e. The molecular formula is C7H13NO6S. The summed E-state index contributed by atoms with van der Waals surface area (Å²) in [5.41, 5.74) is 0.